The summed E-state index contributed by atoms with van der Waals surface area (Å²) in [6.45, 7) is 3.62. The lowest BCUT2D eigenvalue weighted by atomic mass is 9.93. The summed E-state index contributed by atoms with van der Waals surface area (Å²) in [5.74, 6) is 0.0810. The van der Waals surface area contributed by atoms with Crippen LogP contribution in [0.5, 0.6) is 0 Å². The SMILES string of the molecule is CN1CCN(c2cc(C3=C(c4c[nH]c5ccccc45)C(=O)NC3=O)c3ccccc3n2)CC1. The van der Waals surface area contributed by atoms with Crippen molar-refractivity contribution >= 4 is 50.6 Å². The van der Waals surface area contributed by atoms with Gasteiger partial charge in [-0.15, -0.1) is 0 Å². The molecule has 7 nitrogen and oxygen atoms in total. The Hall–Kier alpha value is -3.97. The molecule has 0 spiro atoms. The van der Waals surface area contributed by atoms with E-state index in [1.165, 1.54) is 0 Å². The average molecular weight is 438 g/mol. The highest BCUT2D eigenvalue weighted by molar-refractivity contribution is 6.50. The van der Waals surface area contributed by atoms with Gasteiger partial charge in [0.25, 0.3) is 11.8 Å². The minimum Gasteiger partial charge on any atom is -0.361 e. The number of benzene rings is 2. The number of aromatic amines is 1. The smallest absolute Gasteiger partial charge is 0.259 e. The van der Waals surface area contributed by atoms with Gasteiger partial charge in [-0.25, -0.2) is 4.98 Å². The second kappa shape index (κ2) is 7.56. The summed E-state index contributed by atoms with van der Waals surface area (Å²) in [4.78, 5) is 38.9. The number of amides is 2. The number of rotatable bonds is 3. The van der Waals surface area contributed by atoms with Crippen molar-refractivity contribution in [2.45, 2.75) is 0 Å². The number of aromatic nitrogens is 2. The molecule has 4 heterocycles. The predicted molar refractivity (Wildman–Crippen MR) is 130 cm³/mol. The first-order chi connectivity index (χ1) is 16.1. The molecular weight excluding hydrogens is 414 g/mol. The monoisotopic (exact) mass is 437 g/mol. The van der Waals surface area contributed by atoms with E-state index in [0.717, 1.165) is 64.9 Å². The maximum atomic E-state index is 13.2. The fourth-order valence-corrected chi connectivity index (χ4v) is 4.81. The van der Waals surface area contributed by atoms with E-state index in [9.17, 15) is 9.59 Å². The van der Waals surface area contributed by atoms with Gasteiger partial charge in [0.1, 0.15) is 5.82 Å². The molecule has 0 aliphatic carbocycles. The molecule has 0 atom stereocenters. The average Bonchev–Trinajstić information content (AvgIpc) is 3.38. The number of piperazine rings is 1. The fraction of sp³-hybridized carbons (Fsp3) is 0.192. The van der Waals surface area contributed by atoms with Crippen LogP contribution in [0.25, 0.3) is 33.0 Å². The van der Waals surface area contributed by atoms with E-state index >= 15 is 0 Å². The molecule has 4 aromatic rings. The number of nitrogens with one attached hydrogen (secondary N) is 2. The summed E-state index contributed by atoms with van der Waals surface area (Å²) in [6, 6.07) is 17.6. The zero-order chi connectivity index (χ0) is 22.5. The van der Waals surface area contributed by atoms with Crippen LogP contribution in [0.1, 0.15) is 11.1 Å². The maximum absolute atomic E-state index is 13.2. The molecule has 164 valence electrons. The van der Waals surface area contributed by atoms with Crippen molar-refractivity contribution in [3.63, 3.8) is 0 Å². The van der Waals surface area contributed by atoms with Gasteiger partial charge in [0.2, 0.25) is 0 Å². The van der Waals surface area contributed by atoms with Crippen molar-refractivity contribution in [3.05, 3.63) is 71.9 Å². The van der Waals surface area contributed by atoms with Crippen LogP contribution in [0.2, 0.25) is 0 Å². The van der Waals surface area contributed by atoms with Gasteiger partial charge in [-0.05, 0) is 25.2 Å². The van der Waals surface area contributed by atoms with Crippen molar-refractivity contribution in [2.75, 3.05) is 38.1 Å². The molecule has 2 amide bonds. The number of carbonyl (C=O) groups excluding carboxylic acids is 2. The highest BCUT2D eigenvalue weighted by atomic mass is 16.2. The highest BCUT2D eigenvalue weighted by Gasteiger charge is 2.35. The van der Waals surface area contributed by atoms with Crippen LogP contribution in [0.4, 0.5) is 5.82 Å². The second-order valence-electron chi connectivity index (χ2n) is 8.62. The van der Waals surface area contributed by atoms with Crippen molar-refractivity contribution in [2.24, 2.45) is 0 Å². The lowest BCUT2D eigenvalue weighted by molar-refractivity contribution is -0.122. The van der Waals surface area contributed by atoms with Crippen LogP contribution in [0.15, 0.2) is 60.8 Å². The first-order valence-corrected chi connectivity index (χ1v) is 11.1. The summed E-state index contributed by atoms with van der Waals surface area (Å²) in [6.07, 6.45) is 1.81. The van der Waals surface area contributed by atoms with Gasteiger partial charge in [-0.3, -0.25) is 14.9 Å². The minimum absolute atomic E-state index is 0.373. The van der Waals surface area contributed by atoms with Crippen molar-refractivity contribution in [1.29, 1.82) is 0 Å². The normalized spacial score (nSPS) is 17.4. The number of fused-ring (bicyclic) bond motifs is 2. The van der Waals surface area contributed by atoms with Crippen molar-refractivity contribution in [1.82, 2.24) is 20.2 Å². The number of anilines is 1. The molecule has 2 aliphatic rings. The van der Waals surface area contributed by atoms with Crippen LogP contribution < -0.4 is 10.2 Å². The van der Waals surface area contributed by atoms with E-state index in [0.29, 0.717) is 11.1 Å². The molecule has 2 N–H and O–H groups in total. The Labute approximate surface area is 190 Å². The lowest BCUT2D eigenvalue weighted by Crippen LogP contribution is -2.44. The number of nitrogens with zero attached hydrogens (tertiary/aromatic N) is 3. The van der Waals surface area contributed by atoms with E-state index < -0.39 is 0 Å². The second-order valence-corrected chi connectivity index (χ2v) is 8.62. The van der Waals surface area contributed by atoms with Gasteiger partial charge in [0.15, 0.2) is 0 Å². The molecule has 2 aromatic carbocycles. The zero-order valence-electron chi connectivity index (χ0n) is 18.3. The van der Waals surface area contributed by atoms with Crippen molar-refractivity contribution < 1.29 is 9.59 Å². The minimum atomic E-state index is -0.374. The van der Waals surface area contributed by atoms with E-state index in [-0.39, 0.29) is 11.8 Å². The predicted octanol–water partition coefficient (Wildman–Crippen LogP) is 3.04. The Balaban J connectivity index is 1.60. The molecule has 33 heavy (non-hydrogen) atoms. The van der Waals surface area contributed by atoms with Crippen LogP contribution in [0.3, 0.4) is 0 Å². The van der Waals surface area contributed by atoms with Crippen molar-refractivity contribution in [3.8, 4) is 0 Å². The number of imide groups is 1. The van der Waals surface area contributed by atoms with E-state index in [1.54, 1.807) is 0 Å². The summed E-state index contributed by atoms with van der Waals surface area (Å²) < 4.78 is 0. The molecule has 2 aliphatic heterocycles. The highest BCUT2D eigenvalue weighted by Crippen LogP contribution is 2.38. The van der Waals surface area contributed by atoms with Gasteiger partial charge in [0.05, 0.1) is 16.7 Å². The van der Waals surface area contributed by atoms with E-state index in [4.69, 9.17) is 4.98 Å². The Morgan fingerprint density at radius 2 is 1.48 bits per heavy atom. The summed E-state index contributed by atoms with van der Waals surface area (Å²) in [7, 11) is 2.11. The van der Waals surface area contributed by atoms with Crippen LogP contribution in [-0.4, -0.2) is 59.9 Å². The van der Waals surface area contributed by atoms with E-state index in [2.05, 4.69) is 27.1 Å². The number of hydrogen-bond acceptors (Lipinski definition) is 5. The number of pyridine rings is 1. The Morgan fingerprint density at radius 1 is 0.818 bits per heavy atom. The number of likely N-dealkylation sites (N-methyl/N-ethyl adjacent to an activating group) is 1. The zero-order valence-corrected chi connectivity index (χ0v) is 18.3. The summed E-state index contributed by atoms with van der Waals surface area (Å²) in [5, 5.41) is 4.30. The van der Waals surface area contributed by atoms with Gasteiger partial charge in [0, 0.05) is 59.8 Å². The molecular formula is C26H23N5O2. The standard InChI is InChI=1S/C26H23N5O2/c1-30-10-12-31(13-11-30)22-14-18(16-6-3-5-9-21(16)28-22)23-24(26(33)29-25(23)32)19-15-27-20-8-4-2-7-17(19)20/h2-9,14-15,27H,10-13H2,1H3,(H,29,32,33). The Bertz CT molecular complexity index is 1460. The molecule has 0 radical (unpaired) electrons. The maximum Gasteiger partial charge on any atom is 0.259 e. The molecule has 6 rings (SSSR count). The Morgan fingerprint density at radius 3 is 2.27 bits per heavy atom. The molecule has 0 saturated carbocycles. The third kappa shape index (κ3) is 3.20. The molecule has 0 unspecified atom stereocenters. The van der Waals surface area contributed by atoms with Gasteiger partial charge >= 0.3 is 0 Å². The first-order valence-electron chi connectivity index (χ1n) is 11.1. The summed E-state index contributed by atoms with van der Waals surface area (Å²) >= 11 is 0. The topological polar surface area (TPSA) is 81.3 Å². The van der Waals surface area contributed by atoms with E-state index in [1.807, 2.05) is 60.8 Å². The van der Waals surface area contributed by atoms with Gasteiger partial charge in [-0.1, -0.05) is 36.4 Å². The molecule has 2 aromatic heterocycles. The van der Waals surface area contributed by atoms with Crippen LogP contribution >= 0.6 is 0 Å². The number of para-hydroxylation sites is 2. The number of carbonyl (C=O) groups is 2. The fourth-order valence-electron chi connectivity index (χ4n) is 4.81. The third-order valence-corrected chi connectivity index (χ3v) is 6.59. The molecule has 1 saturated heterocycles. The van der Waals surface area contributed by atoms with Crippen LogP contribution in [-0.2, 0) is 9.59 Å². The van der Waals surface area contributed by atoms with Gasteiger partial charge < -0.3 is 14.8 Å². The van der Waals surface area contributed by atoms with Gasteiger partial charge in [-0.2, -0.15) is 0 Å². The first kappa shape index (κ1) is 19.7. The lowest BCUT2D eigenvalue weighted by Gasteiger charge is -2.33. The molecule has 0 bridgehead atoms. The molecule has 1 fully saturated rings. The number of H-pyrrole nitrogens is 1. The third-order valence-electron chi connectivity index (χ3n) is 6.59. The summed E-state index contributed by atoms with van der Waals surface area (Å²) in [5.41, 5.74) is 3.99. The quantitative estimate of drug-likeness (QED) is 0.482. The Kier molecular flexibility index (Phi) is 4.52. The largest absolute Gasteiger partial charge is 0.361 e. The molecule has 7 heteroatoms. The van der Waals surface area contributed by atoms with Crippen LogP contribution in [0, 0.1) is 0 Å². The number of hydrogen-bond donors (Lipinski definition) is 2.